The van der Waals surface area contributed by atoms with E-state index in [1.807, 2.05) is 6.92 Å². The molecule has 8 heteroatoms. The normalized spacial score (nSPS) is 13.0. The number of amides is 1. The standard InChI is InChI=1S/C12H16BrClN2O3S/c1-3-6-15-12(17)8(2)16-20(18,19)11-5-4-9(13)7-10(11)14/h4-5,7-8,16H,3,6H2,1-2H3,(H,15,17)/t8-/m1/s1. The van der Waals surface area contributed by atoms with Crippen LogP contribution in [0.3, 0.4) is 0 Å². The zero-order chi connectivity index (χ0) is 15.3. The number of carbonyl (C=O) groups excluding carboxylic acids is 1. The monoisotopic (exact) mass is 382 g/mol. The maximum Gasteiger partial charge on any atom is 0.242 e. The summed E-state index contributed by atoms with van der Waals surface area (Å²) in [5.41, 5.74) is 0. The summed E-state index contributed by atoms with van der Waals surface area (Å²) in [6.45, 7) is 3.90. The largest absolute Gasteiger partial charge is 0.355 e. The van der Waals surface area contributed by atoms with Gasteiger partial charge in [-0.25, -0.2) is 8.42 Å². The highest BCUT2D eigenvalue weighted by Gasteiger charge is 2.23. The first-order valence-electron chi connectivity index (χ1n) is 6.03. The van der Waals surface area contributed by atoms with Crippen molar-refractivity contribution in [3.63, 3.8) is 0 Å². The fraction of sp³-hybridized carbons (Fsp3) is 0.417. The third-order valence-electron chi connectivity index (χ3n) is 2.46. The summed E-state index contributed by atoms with van der Waals surface area (Å²) in [7, 11) is -3.84. The second kappa shape index (κ2) is 7.40. The molecule has 2 N–H and O–H groups in total. The van der Waals surface area contributed by atoms with Gasteiger partial charge in [0.2, 0.25) is 15.9 Å². The molecule has 0 aliphatic rings. The maximum atomic E-state index is 12.2. The van der Waals surface area contributed by atoms with Crippen molar-refractivity contribution in [3.05, 3.63) is 27.7 Å². The van der Waals surface area contributed by atoms with E-state index in [1.54, 1.807) is 6.07 Å². The Bertz CT molecular complexity index is 592. The summed E-state index contributed by atoms with van der Waals surface area (Å²) in [4.78, 5) is 11.6. The zero-order valence-corrected chi connectivity index (χ0v) is 14.3. The molecule has 112 valence electrons. The van der Waals surface area contributed by atoms with Crippen LogP contribution in [0.15, 0.2) is 27.6 Å². The van der Waals surface area contributed by atoms with E-state index in [0.29, 0.717) is 11.0 Å². The minimum Gasteiger partial charge on any atom is -0.355 e. The predicted molar refractivity (Wildman–Crippen MR) is 82.2 cm³/mol. The van der Waals surface area contributed by atoms with Crippen molar-refractivity contribution in [1.82, 2.24) is 10.0 Å². The van der Waals surface area contributed by atoms with E-state index in [4.69, 9.17) is 11.6 Å². The third-order valence-corrected chi connectivity index (χ3v) is 4.97. The van der Waals surface area contributed by atoms with Crippen molar-refractivity contribution in [2.24, 2.45) is 0 Å². The smallest absolute Gasteiger partial charge is 0.242 e. The highest BCUT2D eigenvalue weighted by Crippen LogP contribution is 2.25. The lowest BCUT2D eigenvalue weighted by Crippen LogP contribution is -2.44. The third kappa shape index (κ3) is 4.73. The molecule has 5 nitrogen and oxygen atoms in total. The van der Waals surface area contributed by atoms with Crippen LogP contribution >= 0.6 is 27.5 Å². The number of hydrogen-bond donors (Lipinski definition) is 2. The molecule has 0 bridgehead atoms. The van der Waals surface area contributed by atoms with Crippen LogP contribution in [-0.2, 0) is 14.8 Å². The van der Waals surface area contributed by atoms with Crippen molar-refractivity contribution < 1.29 is 13.2 Å². The van der Waals surface area contributed by atoms with E-state index >= 15 is 0 Å². The van der Waals surface area contributed by atoms with Crippen LogP contribution in [0.5, 0.6) is 0 Å². The Kier molecular flexibility index (Phi) is 6.44. The van der Waals surface area contributed by atoms with Crippen LogP contribution < -0.4 is 10.0 Å². The van der Waals surface area contributed by atoms with E-state index in [1.165, 1.54) is 19.1 Å². The molecule has 1 aromatic rings. The summed E-state index contributed by atoms with van der Waals surface area (Å²) in [6.07, 6.45) is 0.781. The Morgan fingerprint density at radius 3 is 2.65 bits per heavy atom. The highest BCUT2D eigenvalue weighted by molar-refractivity contribution is 9.10. The van der Waals surface area contributed by atoms with Gasteiger partial charge in [0.1, 0.15) is 4.90 Å². The van der Waals surface area contributed by atoms with Gasteiger partial charge in [0.15, 0.2) is 0 Å². The number of carbonyl (C=O) groups is 1. The molecule has 1 atom stereocenters. The molecular formula is C12H16BrClN2O3S. The molecule has 0 spiro atoms. The molecule has 0 aliphatic carbocycles. The van der Waals surface area contributed by atoms with Gasteiger partial charge in [0, 0.05) is 11.0 Å². The van der Waals surface area contributed by atoms with Gasteiger partial charge in [-0.1, -0.05) is 34.5 Å². The maximum absolute atomic E-state index is 12.2. The summed E-state index contributed by atoms with van der Waals surface area (Å²) >= 11 is 9.11. The first kappa shape index (κ1) is 17.4. The second-order valence-electron chi connectivity index (χ2n) is 4.21. The van der Waals surface area contributed by atoms with Gasteiger partial charge in [-0.15, -0.1) is 0 Å². The van der Waals surface area contributed by atoms with Gasteiger partial charge in [-0.05, 0) is 31.5 Å². The van der Waals surface area contributed by atoms with Crippen molar-refractivity contribution >= 4 is 43.5 Å². The first-order valence-corrected chi connectivity index (χ1v) is 8.68. The van der Waals surface area contributed by atoms with Crippen LogP contribution in [0.25, 0.3) is 0 Å². The number of sulfonamides is 1. The average molecular weight is 384 g/mol. The number of rotatable bonds is 6. The van der Waals surface area contributed by atoms with Crippen molar-refractivity contribution in [1.29, 1.82) is 0 Å². The van der Waals surface area contributed by atoms with Gasteiger partial charge in [0.05, 0.1) is 11.1 Å². The SMILES string of the molecule is CCCNC(=O)[C@@H](C)NS(=O)(=O)c1ccc(Br)cc1Cl. The highest BCUT2D eigenvalue weighted by atomic mass is 79.9. The first-order chi connectivity index (χ1) is 9.27. The molecule has 0 aliphatic heterocycles. The van der Waals surface area contributed by atoms with E-state index in [-0.39, 0.29) is 15.8 Å². The molecule has 0 saturated heterocycles. The second-order valence-corrected chi connectivity index (χ2v) is 7.21. The summed E-state index contributed by atoms with van der Waals surface area (Å²) < 4.78 is 27.3. The molecule has 1 rings (SSSR count). The Labute approximate surface area is 132 Å². The van der Waals surface area contributed by atoms with Crippen LogP contribution in [0.4, 0.5) is 0 Å². The molecule has 0 unspecified atom stereocenters. The van der Waals surface area contributed by atoms with Gasteiger partial charge in [-0.2, -0.15) is 4.72 Å². The Morgan fingerprint density at radius 1 is 1.45 bits per heavy atom. The minimum absolute atomic E-state index is 0.0579. The fourth-order valence-corrected chi connectivity index (χ4v) is 3.68. The van der Waals surface area contributed by atoms with Crippen molar-refractivity contribution in [2.45, 2.75) is 31.2 Å². The molecule has 1 amide bonds. The molecular weight excluding hydrogens is 368 g/mol. The van der Waals surface area contributed by atoms with Crippen LogP contribution in [0.1, 0.15) is 20.3 Å². The summed E-state index contributed by atoms with van der Waals surface area (Å²) in [5.74, 6) is -0.372. The molecule has 0 fully saturated rings. The van der Waals surface area contributed by atoms with E-state index in [9.17, 15) is 13.2 Å². The molecule has 0 aromatic heterocycles. The molecule has 0 radical (unpaired) electrons. The molecule has 0 saturated carbocycles. The summed E-state index contributed by atoms with van der Waals surface area (Å²) in [6, 6.07) is 3.57. The zero-order valence-electron chi connectivity index (χ0n) is 11.1. The van der Waals surface area contributed by atoms with Gasteiger partial charge < -0.3 is 5.32 Å². The minimum atomic E-state index is -3.84. The summed E-state index contributed by atoms with van der Waals surface area (Å²) in [5, 5.41) is 2.71. The molecule has 20 heavy (non-hydrogen) atoms. The van der Waals surface area contributed by atoms with Gasteiger partial charge in [0.25, 0.3) is 0 Å². The average Bonchev–Trinajstić information content (AvgIpc) is 2.34. The van der Waals surface area contributed by atoms with Crippen molar-refractivity contribution in [2.75, 3.05) is 6.54 Å². The van der Waals surface area contributed by atoms with Gasteiger partial charge in [-0.3, -0.25) is 4.79 Å². The van der Waals surface area contributed by atoms with Crippen LogP contribution in [0, 0.1) is 0 Å². The number of halogens is 2. The predicted octanol–water partition coefficient (Wildman–Crippen LogP) is 2.30. The van der Waals surface area contributed by atoms with Gasteiger partial charge >= 0.3 is 0 Å². The quantitative estimate of drug-likeness (QED) is 0.791. The number of hydrogen-bond acceptors (Lipinski definition) is 3. The number of nitrogens with one attached hydrogen (secondary N) is 2. The fourth-order valence-electron chi connectivity index (χ4n) is 1.44. The lowest BCUT2D eigenvalue weighted by molar-refractivity contribution is -0.122. The van der Waals surface area contributed by atoms with Crippen molar-refractivity contribution in [3.8, 4) is 0 Å². The van der Waals surface area contributed by atoms with E-state index < -0.39 is 16.1 Å². The van der Waals surface area contributed by atoms with Crippen LogP contribution in [-0.4, -0.2) is 26.9 Å². The molecule has 1 aromatic carbocycles. The Hall–Kier alpha value is -0.630. The Balaban J connectivity index is 2.87. The van der Waals surface area contributed by atoms with Crippen LogP contribution in [0.2, 0.25) is 5.02 Å². The Morgan fingerprint density at radius 2 is 2.10 bits per heavy atom. The lowest BCUT2D eigenvalue weighted by Gasteiger charge is -2.15. The molecule has 0 heterocycles. The van der Waals surface area contributed by atoms with E-state index in [0.717, 1.165) is 6.42 Å². The van der Waals surface area contributed by atoms with E-state index in [2.05, 4.69) is 26.0 Å². The topological polar surface area (TPSA) is 75.3 Å². The number of benzene rings is 1. The lowest BCUT2D eigenvalue weighted by atomic mass is 10.3.